The lowest BCUT2D eigenvalue weighted by atomic mass is 10.1. The Kier molecular flexibility index (Phi) is 8.14. The minimum atomic E-state index is -0.723. The average molecular weight is 447 g/mol. The van der Waals surface area contributed by atoms with Crippen molar-refractivity contribution in [1.82, 2.24) is 10.6 Å². The van der Waals surface area contributed by atoms with Crippen LogP contribution in [0.25, 0.3) is 0 Å². The van der Waals surface area contributed by atoms with E-state index in [-0.39, 0.29) is 18.6 Å². The molecule has 31 heavy (non-hydrogen) atoms. The van der Waals surface area contributed by atoms with Crippen LogP contribution in [0.4, 0.5) is 0 Å². The van der Waals surface area contributed by atoms with Crippen molar-refractivity contribution >= 4 is 23.4 Å². The van der Waals surface area contributed by atoms with Gasteiger partial charge in [-0.25, -0.2) is 0 Å². The van der Waals surface area contributed by atoms with E-state index in [0.29, 0.717) is 28.7 Å². The van der Waals surface area contributed by atoms with Crippen LogP contribution in [0.1, 0.15) is 35.7 Å². The number of benzene rings is 2. The second-order valence-corrected chi connectivity index (χ2v) is 7.73. The molecule has 0 radical (unpaired) electrons. The predicted octanol–water partition coefficient (Wildman–Crippen LogP) is 3.34. The zero-order valence-electron chi connectivity index (χ0n) is 17.7. The Balaban J connectivity index is 1.51. The first-order valence-corrected chi connectivity index (χ1v) is 10.6. The summed E-state index contributed by atoms with van der Waals surface area (Å²) in [6.07, 6.45) is 2.17. The van der Waals surface area contributed by atoms with Crippen molar-refractivity contribution < 1.29 is 23.8 Å². The highest BCUT2D eigenvalue weighted by molar-refractivity contribution is 6.33. The first-order chi connectivity index (χ1) is 15.0. The fourth-order valence-corrected chi connectivity index (χ4v) is 3.45. The number of ether oxygens (including phenoxy) is 3. The number of carbonyl (C=O) groups excluding carboxylic acids is 2. The topological polar surface area (TPSA) is 85.9 Å². The molecule has 1 fully saturated rings. The van der Waals surface area contributed by atoms with Gasteiger partial charge in [-0.15, -0.1) is 0 Å². The van der Waals surface area contributed by atoms with E-state index < -0.39 is 11.9 Å². The van der Waals surface area contributed by atoms with Crippen molar-refractivity contribution in [3.63, 3.8) is 0 Å². The summed E-state index contributed by atoms with van der Waals surface area (Å²) in [5, 5.41) is 5.81. The first kappa shape index (κ1) is 22.9. The molecule has 0 aromatic heterocycles. The molecule has 2 aromatic rings. The number of methoxy groups -OCH3 is 1. The van der Waals surface area contributed by atoms with Crippen LogP contribution >= 0.6 is 11.6 Å². The van der Waals surface area contributed by atoms with Gasteiger partial charge in [0.05, 0.1) is 23.8 Å². The van der Waals surface area contributed by atoms with Crippen LogP contribution in [0, 0.1) is 0 Å². The first-order valence-electron chi connectivity index (χ1n) is 10.2. The van der Waals surface area contributed by atoms with E-state index >= 15 is 0 Å². The normalized spacial score (nSPS) is 16.4. The Labute approximate surface area is 187 Å². The van der Waals surface area contributed by atoms with E-state index in [0.717, 1.165) is 25.0 Å². The summed E-state index contributed by atoms with van der Waals surface area (Å²) in [4.78, 5) is 24.7. The van der Waals surface area contributed by atoms with Crippen molar-refractivity contribution in [2.75, 3.05) is 20.3 Å². The third kappa shape index (κ3) is 6.35. The number of carbonyl (C=O) groups is 2. The number of nitrogens with one attached hydrogen (secondary N) is 2. The van der Waals surface area contributed by atoms with E-state index in [1.165, 1.54) is 0 Å². The maximum atomic E-state index is 12.4. The van der Waals surface area contributed by atoms with Gasteiger partial charge in [-0.3, -0.25) is 9.59 Å². The van der Waals surface area contributed by atoms with Crippen molar-refractivity contribution in [3.8, 4) is 11.5 Å². The van der Waals surface area contributed by atoms with E-state index in [1.54, 1.807) is 38.3 Å². The molecule has 0 aliphatic carbocycles. The molecular formula is C23H27ClN2O5. The number of rotatable bonds is 9. The highest BCUT2D eigenvalue weighted by Crippen LogP contribution is 2.29. The van der Waals surface area contributed by atoms with Crippen LogP contribution < -0.4 is 20.1 Å². The highest BCUT2D eigenvalue weighted by Gasteiger charge is 2.19. The minimum absolute atomic E-state index is 0.117. The summed E-state index contributed by atoms with van der Waals surface area (Å²) in [5.41, 5.74) is 1.17. The molecule has 8 heteroatoms. The molecule has 2 atom stereocenters. The third-order valence-corrected chi connectivity index (χ3v) is 5.33. The van der Waals surface area contributed by atoms with Gasteiger partial charge in [0.15, 0.2) is 11.5 Å². The third-order valence-electron chi connectivity index (χ3n) is 5.00. The molecule has 2 amide bonds. The van der Waals surface area contributed by atoms with Gasteiger partial charge in [0.2, 0.25) is 5.91 Å². The second kappa shape index (κ2) is 11.0. The molecule has 166 valence electrons. The Morgan fingerprint density at radius 1 is 1.23 bits per heavy atom. The van der Waals surface area contributed by atoms with Crippen LogP contribution in [0.15, 0.2) is 42.5 Å². The van der Waals surface area contributed by atoms with Crippen molar-refractivity contribution in [2.45, 2.75) is 38.5 Å². The molecule has 0 spiro atoms. The summed E-state index contributed by atoms with van der Waals surface area (Å²) in [5.74, 6) is 0.513. The molecule has 0 bridgehead atoms. The zero-order chi connectivity index (χ0) is 22.2. The predicted molar refractivity (Wildman–Crippen MR) is 118 cm³/mol. The van der Waals surface area contributed by atoms with Crippen LogP contribution in [-0.2, 0) is 16.1 Å². The van der Waals surface area contributed by atoms with E-state index in [1.807, 2.05) is 18.2 Å². The van der Waals surface area contributed by atoms with E-state index in [4.69, 9.17) is 25.8 Å². The number of hydrogen-bond acceptors (Lipinski definition) is 5. The summed E-state index contributed by atoms with van der Waals surface area (Å²) in [7, 11) is 1.57. The summed E-state index contributed by atoms with van der Waals surface area (Å²) in [6.45, 7) is 3.16. The molecule has 1 heterocycles. The van der Waals surface area contributed by atoms with Crippen LogP contribution in [0.5, 0.6) is 11.5 Å². The molecule has 2 N–H and O–H groups in total. The van der Waals surface area contributed by atoms with Crippen molar-refractivity contribution in [1.29, 1.82) is 0 Å². The van der Waals surface area contributed by atoms with Gasteiger partial charge in [-0.05, 0) is 49.6 Å². The Hall–Kier alpha value is -2.77. The lowest BCUT2D eigenvalue weighted by Gasteiger charge is -2.16. The number of hydrogen-bond donors (Lipinski definition) is 2. The quantitative estimate of drug-likeness (QED) is 0.617. The largest absolute Gasteiger partial charge is 0.493 e. The van der Waals surface area contributed by atoms with E-state index in [9.17, 15) is 9.59 Å². The highest BCUT2D eigenvalue weighted by atomic mass is 35.5. The zero-order valence-corrected chi connectivity index (χ0v) is 18.4. The smallest absolute Gasteiger partial charge is 0.253 e. The van der Waals surface area contributed by atoms with Gasteiger partial charge in [0.25, 0.3) is 5.91 Å². The van der Waals surface area contributed by atoms with Crippen LogP contribution in [0.2, 0.25) is 5.02 Å². The SMILES string of the molecule is COc1cc(CNC(=O)C(C)NC(=O)c2ccccc2Cl)ccc1OCC1CCCO1. The monoisotopic (exact) mass is 446 g/mol. The standard InChI is InChI=1S/C23H27ClN2O5/c1-15(26-23(28)18-7-3-4-8-19(18)24)22(27)25-13-16-9-10-20(21(12-16)29-2)31-14-17-6-5-11-30-17/h3-4,7-10,12,15,17H,5-6,11,13-14H2,1-2H3,(H,25,27)(H,26,28). The molecule has 7 nitrogen and oxygen atoms in total. The lowest BCUT2D eigenvalue weighted by Crippen LogP contribution is -2.44. The average Bonchev–Trinajstić information content (AvgIpc) is 3.30. The van der Waals surface area contributed by atoms with Gasteiger partial charge in [-0.2, -0.15) is 0 Å². The summed E-state index contributed by atoms with van der Waals surface area (Å²) >= 11 is 6.03. The maximum absolute atomic E-state index is 12.4. The molecule has 1 saturated heterocycles. The maximum Gasteiger partial charge on any atom is 0.253 e. The molecule has 2 unspecified atom stereocenters. The summed E-state index contributed by atoms with van der Waals surface area (Å²) < 4.78 is 16.8. The van der Waals surface area contributed by atoms with Gasteiger partial charge in [0, 0.05) is 13.2 Å². The van der Waals surface area contributed by atoms with Crippen molar-refractivity contribution in [3.05, 3.63) is 58.6 Å². The molecule has 2 aromatic carbocycles. The number of halogens is 1. The van der Waals surface area contributed by atoms with E-state index in [2.05, 4.69) is 10.6 Å². The Morgan fingerprint density at radius 2 is 2.03 bits per heavy atom. The number of amides is 2. The minimum Gasteiger partial charge on any atom is -0.493 e. The molecule has 0 saturated carbocycles. The second-order valence-electron chi connectivity index (χ2n) is 7.32. The van der Waals surface area contributed by atoms with Gasteiger partial charge < -0.3 is 24.8 Å². The fraction of sp³-hybridized carbons (Fsp3) is 0.391. The lowest BCUT2D eigenvalue weighted by molar-refractivity contribution is -0.122. The molecular weight excluding hydrogens is 420 g/mol. The van der Waals surface area contributed by atoms with Gasteiger partial charge in [-0.1, -0.05) is 29.8 Å². The molecule has 3 rings (SSSR count). The van der Waals surface area contributed by atoms with Gasteiger partial charge in [0.1, 0.15) is 12.6 Å². The molecule has 1 aliphatic heterocycles. The Bertz CT molecular complexity index is 915. The fourth-order valence-electron chi connectivity index (χ4n) is 3.23. The van der Waals surface area contributed by atoms with Gasteiger partial charge >= 0.3 is 0 Å². The molecule has 1 aliphatic rings. The summed E-state index contributed by atoms with van der Waals surface area (Å²) in [6, 6.07) is 11.5. The van der Waals surface area contributed by atoms with Crippen molar-refractivity contribution in [2.24, 2.45) is 0 Å². The van der Waals surface area contributed by atoms with Crippen LogP contribution in [0.3, 0.4) is 0 Å². The Morgan fingerprint density at radius 3 is 2.74 bits per heavy atom. The van der Waals surface area contributed by atoms with Crippen LogP contribution in [-0.4, -0.2) is 44.3 Å².